The molecule has 5 N–H and O–H groups in total. The molecule has 3 saturated heterocycles. The van der Waals surface area contributed by atoms with Gasteiger partial charge in [0.2, 0.25) is 0 Å². The molecule has 74 heavy (non-hydrogen) atoms. The van der Waals surface area contributed by atoms with E-state index in [0.29, 0.717) is 25.1 Å². The third-order valence-corrected chi connectivity index (χ3v) is 16.9. The molecule has 0 amide bonds. The predicted octanol–water partition coefficient (Wildman–Crippen LogP) is 4.85. The number of alkyl halides is 1. The number of carbonyl (C=O) groups excluding carboxylic acids is 1. The first-order chi connectivity index (χ1) is 34.9. The second-order valence-corrected chi connectivity index (χ2v) is 22.0. The molecule has 5 heterocycles. The van der Waals surface area contributed by atoms with Gasteiger partial charge in [-0.3, -0.25) is 4.79 Å². The number of nitrogens with one attached hydrogen (secondary N) is 1. The molecule has 0 saturated carbocycles. The van der Waals surface area contributed by atoms with Gasteiger partial charge >= 0.3 is 5.97 Å². The fourth-order valence-corrected chi connectivity index (χ4v) is 12.1. The Morgan fingerprint density at radius 3 is 2.22 bits per heavy atom. The Morgan fingerprint density at radius 2 is 1.62 bits per heavy atom. The van der Waals surface area contributed by atoms with Crippen LogP contribution in [-0.4, -0.2) is 187 Å². The van der Waals surface area contributed by atoms with Gasteiger partial charge in [-0.2, -0.15) is 0 Å². The van der Waals surface area contributed by atoms with E-state index < -0.39 is 126 Å². The highest BCUT2D eigenvalue weighted by atomic mass is 19.1. The van der Waals surface area contributed by atoms with Crippen LogP contribution in [0.2, 0.25) is 0 Å². The third kappa shape index (κ3) is 12.4. The fourth-order valence-electron chi connectivity index (χ4n) is 12.1. The summed E-state index contributed by atoms with van der Waals surface area (Å²) in [6, 6.07) is 6.16. The molecule has 416 valence electrons. The smallest absolute Gasteiger partial charge is 0.309 e. The number of nitrogens with zero attached hydrogens (tertiary/aromatic N) is 7. The number of methoxy groups -OCH3 is 3. The SMILES string of the molecule is CC[C@H]1OC(=O)[C@H](C)[C@@H](C2C[C@@](C)(OC)[C@@H](O)[C@H](C)O2)[C@H](C)[C@@H](O[C@@H]2O[C@H](C)C[C@H](N(C)CCc3cn([C@H](CF)[C@H](OC)c4ccc(-n5ccnn5)cc4)nn3)[C@H]2O)[C@](C)(OC)C[C@@H](C)C(=N)[C@H](C)[C@@H](O)[C@]1(C)O. The van der Waals surface area contributed by atoms with Crippen molar-refractivity contribution < 1.29 is 62.8 Å². The molecule has 20 atom stereocenters. The number of hydrogen-bond donors (Lipinski definition) is 5. The Bertz CT molecular complexity index is 2260. The number of carbonyl (C=O) groups is 1. The zero-order valence-corrected chi connectivity index (χ0v) is 45.9. The lowest BCUT2D eigenvalue weighted by atomic mass is 9.67. The minimum atomic E-state index is -1.92. The van der Waals surface area contributed by atoms with Crippen LogP contribution >= 0.6 is 0 Å². The standard InChI is InChI=1S/C53H85FN8O12/c1-15-41-53(10,67)46(64)33(6)43(55)29(2)25-52(9,70-14)48(31(4)42(32(5)49(66)73-41)40-26-51(8,69-13)47(65)34(7)72-40)74-50-44(63)38(24-30(3)71-50)60(11)22-20-36-28-62(59-57-36)39(27-54)45(68-12)35-16-18-37(19-17-35)61-23-21-56-58-61/h16-19,21,23,28-34,38-42,44-48,50,55,63-65,67H,15,20,22,24-27H2,1-14H3/t29-,30-,31+,32-,33+,34+,38+,39-,40?,41-,42+,44-,45-,46-,47+,48-,50+,51-,52-,53-/m1/s1. The highest BCUT2D eigenvalue weighted by Gasteiger charge is 2.56. The highest BCUT2D eigenvalue weighted by Crippen LogP contribution is 2.46. The maximum absolute atomic E-state index is 14.9. The van der Waals surface area contributed by atoms with Gasteiger partial charge in [0.25, 0.3) is 0 Å². The number of aromatic nitrogens is 6. The van der Waals surface area contributed by atoms with E-state index in [0.717, 1.165) is 11.3 Å². The quantitative estimate of drug-likeness (QED) is 0.120. The maximum Gasteiger partial charge on any atom is 0.309 e. The van der Waals surface area contributed by atoms with Crippen molar-refractivity contribution in [2.75, 3.05) is 41.6 Å². The van der Waals surface area contributed by atoms with Crippen LogP contribution in [0.1, 0.15) is 118 Å². The topological polar surface area (TPSA) is 251 Å². The normalized spacial score (nSPS) is 38.8. The van der Waals surface area contributed by atoms with E-state index in [9.17, 15) is 35.0 Å². The second kappa shape index (κ2) is 24.6. The summed E-state index contributed by atoms with van der Waals surface area (Å²) in [4.78, 5) is 16.7. The van der Waals surface area contributed by atoms with Crippen LogP contribution in [0, 0.1) is 35.0 Å². The summed E-state index contributed by atoms with van der Waals surface area (Å²) in [7, 11) is 6.52. The Balaban J connectivity index is 1.28. The van der Waals surface area contributed by atoms with Crippen molar-refractivity contribution in [1.29, 1.82) is 5.41 Å². The van der Waals surface area contributed by atoms with Crippen molar-refractivity contribution >= 4 is 11.7 Å². The van der Waals surface area contributed by atoms with Crippen LogP contribution in [0.5, 0.6) is 0 Å². The zero-order chi connectivity index (χ0) is 54.6. The van der Waals surface area contributed by atoms with Gasteiger partial charge in [0, 0.05) is 70.5 Å². The molecule has 21 heteroatoms. The molecular formula is C53H85FN8O12. The average molecular weight is 1050 g/mol. The third-order valence-electron chi connectivity index (χ3n) is 16.9. The molecular weight excluding hydrogens is 960 g/mol. The van der Waals surface area contributed by atoms with Crippen molar-refractivity contribution in [3.63, 3.8) is 0 Å². The Hall–Kier alpha value is -3.87. The van der Waals surface area contributed by atoms with Crippen LogP contribution < -0.4 is 0 Å². The largest absolute Gasteiger partial charge is 0.459 e. The summed E-state index contributed by atoms with van der Waals surface area (Å²) in [6.07, 6.45) is -2.95. The first kappa shape index (κ1) is 59.4. The second-order valence-electron chi connectivity index (χ2n) is 22.0. The van der Waals surface area contributed by atoms with E-state index in [1.807, 2.05) is 63.9 Å². The molecule has 0 spiro atoms. The Morgan fingerprint density at radius 1 is 0.946 bits per heavy atom. The lowest BCUT2D eigenvalue weighted by Gasteiger charge is -2.52. The van der Waals surface area contributed by atoms with Crippen LogP contribution in [0.3, 0.4) is 0 Å². The summed E-state index contributed by atoms with van der Waals surface area (Å²) in [5.41, 5.74) is -1.91. The number of ether oxygens (including phenoxy) is 7. The monoisotopic (exact) mass is 1040 g/mol. The predicted molar refractivity (Wildman–Crippen MR) is 271 cm³/mol. The number of rotatable bonds is 16. The van der Waals surface area contributed by atoms with Gasteiger partial charge in [-0.15, -0.1) is 10.2 Å². The molecule has 1 unspecified atom stereocenters. The molecule has 0 radical (unpaired) electrons. The molecule has 3 aromatic rings. The number of benzene rings is 1. The lowest BCUT2D eigenvalue weighted by Crippen LogP contribution is -2.62. The van der Waals surface area contributed by atoms with E-state index in [4.69, 9.17) is 33.2 Å². The Labute approximate surface area is 436 Å². The summed E-state index contributed by atoms with van der Waals surface area (Å²) < 4.78 is 62.7. The first-order valence-electron chi connectivity index (χ1n) is 26.2. The van der Waals surface area contributed by atoms with Crippen molar-refractivity contribution in [1.82, 2.24) is 34.9 Å². The Kier molecular flexibility index (Phi) is 19.8. The van der Waals surface area contributed by atoms with E-state index in [1.165, 1.54) is 25.8 Å². The van der Waals surface area contributed by atoms with E-state index in [-0.39, 0.29) is 31.1 Å². The minimum Gasteiger partial charge on any atom is -0.459 e. The van der Waals surface area contributed by atoms with Crippen molar-refractivity contribution in [3.8, 4) is 5.69 Å². The molecule has 0 aliphatic carbocycles. The van der Waals surface area contributed by atoms with Gasteiger partial charge in [0.05, 0.1) is 71.4 Å². The van der Waals surface area contributed by atoms with E-state index in [2.05, 4.69) is 20.6 Å². The van der Waals surface area contributed by atoms with Crippen LogP contribution in [0.15, 0.2) is 42.9 Å². The van der Waals surface area contributed by atoms with E-state index in [1.54, 1.807) is 65.0 Å². The summed E-state index contributed by atoms with van der Waals surface area (Å²) in [6.45, 7) is 17.4. The minimum absolute atomic E-state index is 0.155. The first-order valence-corrected chi connectivity index (χ1v) is 26.2. The van der Waals surface area contributed by atoms with E-state index >= 15 is 0 Å². The summed E-state index contributed by atoms with van der Waals surface area (Å²) in [5.74, 6) is -4.30. The zero-order valence-electron chi connectivity index (χ0n) is 45.9. The number of likely N-dealkylation sites (N-methyl/N-ethyl adjacent to an activating group) is 1. The van der Waals surface area contributed by atoms with Crippen molar-refractivity contribution in [2.24, 2.45) is 29.6 Å². The van der Waals surface area contributed by atoms with Gasteiger partial charge in [-0.1, -0.05) is 57.2 Å². The van der Waals surface area contributed by atoms with Gasteiger partial charge < -0.3 is 63.9 Å². The van der Waals surface area contributed by atoms with Gasteiger partial charge in [-0.25, -0.2) is 13.8 Å². The molecule has 20 nitrogen and oxygen atoms in total. The van der Waals surface area contributed by atoms with Crippen LogP contribution in [-0.2, 0) is 44.4 Å². The number of halogens is 1. The average Bonchev–Trinajstić information content (AvgIpc) is 4.10. The number of esters is 1. The van der Waals surface area contributed by atoms with Crippen LogP contribution in [0.25, 0.3) is 5.69 Å². The molecule has 6 rings (SSSR count). The van der Waals surface area contributed by atoms with Gasteiger partial charge in [0.15, 0.2) is 6.29 Å². The van der Waals surface area contributed by atoms with Gasteiger partial charge in [0.1, 0.15) is 42.7 Å². The molecule has 1 aromatic carbocycles. The van der Waals surface area contributed by atoms with Gasteiger partial charge in [-0.05, 0) is 90.5 Å². The molecule has 3 aliphatic heterocycles. The summed E-state index contributed by atoms with van der Waals surface area (Å²) >= 11 is 0. The number of aliphatic hydroxyl groups excluding tert-OH is 3. The number of hydrogen-bond acceptors (Lipinski definition) is 18. The van der Waals surface area contributed by atoms with Crippen molar-refractivity contribution in [2.45, 2.75) is 191 Å². The van der Waals surface area contributed by atoms with Crippen molar-refractivity contribution in [3.05, 3.63) is 54.1 Å². The van der Waals surface area contributed by atoms with Crippen LogP contribution in [0.4, 0.5) is 4.39 Å². The molecule has 3 aliphatic rings. The number of aliphatic hydroxyl groups is 4. The number of cyclic esters (lactones) is 1. The lowest BCUT2D eigenvalue weighted by molar-refractivity contribution is -0.305. The highest BCUT2D eigenvalue weighted by molar-refractivity contribution is 5.86. The molecule has 3 fully saturated rings. The summed E-state index contributed by atoms with van der Waals surface area (Å²) in [5, 5.41) is 73.4. The molecule has 2 aromatic heterocycles. The maximum atomic E-state index is 14.9. The molecule has 0 bridgehead atoms. The fraction of sp³-hybridized carbons (Fsp3) is 0.774.